The van der Waals surface area contributed by atoms with Gasteiger partial charge in [-0.2, -0.15) is 0 Å². The van der Waals surface area contributed by atoms with E-state index in [4.69, 9.17) is 0 Å². The van der Waals surface area contributed by atoms with Crippen molar-refractivity contribution < 1.29 is 12.8 Å². The highest BCUT2D eigenvalue weighted by atomic mass is 32.2. The van der Waals surface area contributed by atoms with E-state index >= 15 is 0 Å². The summed E-state index contributed by atoms with van der Waals surface area (Å²) >= 11 is 0. The van der Waals surface area contributed by atoms with Gasteiger partial charge in [-0.1, -0.05) is 0 Å². The normalized spacial score (nSPS) is 23.8. The minimum absolute atomic E-state index is 0.144. The zero-order valence-electron chi connectivity index (χ0n) is 14.4. The van der Waals surface area contributed by atoms with Crippen LogP contribution in [0.1, 0.15) is 6.42 Å². The average molecular weight is 369 g/mol. The summed E-state index contributed by atoms with van der Waals surface area (Å²) in [5, 5.41) is 3.29. The molecule has 0 amide bonds. The van der Waals surface area contributed by atoms with E-state index in [1.807, 2.05) is 4.90 Å². The zero-order chi connectivity index (χ0) is 17.9. The summed E-state index contributed by atoms with van der Waals surface area (Å²) in [5.41, 5.74) is 0. The van der Waals surface area contributed by atoms with Crippen molar-refractivity contribution in [3.8, 4) is 0 Å². The number of anilines is 1. The molecule has 2 aliphatic heterocycles. The SMILES string of the molecule is CN=C(NCC1CCS(=O)(=O)C1)N1CCN(c2ncccc2F)CC1. The van der Waals surface area contributed by atoms with E-state index in [-0.39, 0.29) is 23.2 Å². The highest BCUT2D eigenvalue weighted by Crippen LogP contribution is 2.19. The standard InChI is InChI=1S/C16H24FN5O2S/c1-18-16(20-11-13-4-10-25(23,24)12-13)22-8-6-21(7-9-22)15-14(17)3-2-5-19-15/h2-3,5,13H,4,6-12H2,1H3,(H,18,20). The van der Waals surface area contributed by atoms with Crippen LogP contribution in [-0.4, -0.2) is 75.5 Å². The molecule has 9 heteroatoms. The summed E-state index contributed by atoms with van der Waals surface area (Å²) < 4.78 is 36.9. The Morgan fingerprint density at radius 3 is 2.76 bits per heavy atom. The van der Waals surface area contributed by atoms with E-state index in [0.29, 0.717) is 45.0 Å². The quantitative estimate of drug-likeness (QED) is 0.612. The summed E-state index contributed by atoms with van der Waals surface area (Å²) in [4.78, 5) is 12.5. The van der Waals surface area contributed by atoms with Crippen LogP contribution in [0.4, 0.5) is 10.2 Å². The molecule has 0 spiro atoms. The Bertz CT molecular complexity index is 732. The van der Waals surface area contributed by atoms with Gasteiger partial charge in [0.15, 0.2) is 27.4 Å². The molecule has 0 radical (unpaired) electrons. The summed E-state index contributed by atoms with van der Waals surface area (Å²) in [5.74, 6) is 1.54. The lowest BCUT2D eigenvalue weighted by molar-refractivity contribution is 0.366. The van der Waals surface area contributed by atoms with Crippen molar-refractivity contribution in [1.82, 2.24) is 15.2 Å². The molecule has 0 aliphatic carbocycles. The van der Waals surface area contributed by atoms with Crippen molar-refractivity contribution in [3.05, 3.63) is 24.1 Å². The first-order valence-electron chi connectivity index (χ1n) is 8.50. The van der Waals surface area contributed by atoms with Gasteiger partial charge in [0.2, 0.25) is 0 Å². The molecule has 7 nitrogen and oxygen atoms in total. The average Bonchev–Trinajstić information content (AvgIpc) is 2.95. The monoisotopic (exact) mass is 369 g/mol. The van der Waals surface area contributed by atoms with Gasteiger partial charge in [0.25, 0.3) is 0 Å². The van der Waals surface area contributed by atoms with E-state index < -0.39 is 9.84 Å². The molecule has 1 atom stereocenters. The Morgan fingerprint density at radius 2 is 2.16 bits per heavy atom. The van der Waals surface area contributed by atoms with E-state index in [1.165, 1.54) is 6.07 Å². The predicted molar refractivity (Wildman–Crippen MR) is 96.1 cm³/mol. The van der Waals surface area contributed by atoms with Crippen molar-refractivity contribution in [3.63, 3.8) is 0 Å². The Balaban J connectivity index is 1.52. The number of hydrogen-bond donors (Lipinski definition) is 1. The molecule has 1 aromatic rings. The minimum Gasteiger partial charge on any atom is -0.356 e. The lowest BCUT2D eigenvalue weighted by Crippen LogP contribution is -2.53. The van der Waals surface area contributed by atoms with Gasteiger partial charge in [-0.05, 0) is 24.5 Å². The maximum absolute atomic E-state index is 13.8. The fourth-order valence-electron chi connectivity index (χ4n) is 3.34. The van der Waals surface area contributed by atoms with Crippen molar-refractivity contribution in [1.29, 1.82) is 0 Å². The zero-order valence-corrected chi connectivity index (χ0v) is 15.2. The molecule has 3 heterocycles. The molecule has 25 heavy (non-hydrogen) atoms. The topological polar surface area (TPSA) is 77.9 Å². The molecule has 0 bridgehead atoms. The van der Waals surface area contributed by atoms with Crippen LogP contribution in [0.3, 0.4) is 0 Å². The number of halogens is 1. The van der Waals surface area contributed by atoms with Gasteiger partial charge in [0.05, 0.1) is 11.5 Å². The van der Waals surface area contributed by atoms with Gasteiger partial charge in [0.1, 0.15) is 0 Å². The third-order valence-electron chi connectivity index (χ3n) is 4.71. The molecule has 2 saturated heterocycles. The molecule has 2 fully saturated rings. The molecule has 3 rings (SSSR count). The molecule has 138 valence electrons. The second-order valence-corrected chi connectivity index (χ2v) is 8.71. The van der Waals surface area contributed by atoms with E-state index in [0.717, 1.165) is 5.96 Å². The number of aromatic nitrogens is 1. The second-order valence-electron chi connectivity index (χ2n) is 6.48. The first-order valence-corrected chi connectivity index (χ1v) is 10.3. The number of aliphatic imine (C=N–C) groups is 1. The Labute approximate surface area is 147 Å². The maximum atomic E-state index is 13.8. The highest BCUT2D eigenvalue weighted by Gasteiger charge is 2.28. The van der Waals surface area contributed by atoms with Gasteiger partial charge in [-0.25, -0.2) is 17.8 Å². The van der Waals surface area contributed by atoms with Crippen LogP contribution in [0, 0.1) is 11.7 Å². The third kappa shape index (κ3) is 4.39. The summed E-state index contributed by atoms with van der Waals surface area (Å²) in [6, 6.07) is 3.01. The first kappa shape index (κ1) is 17.9. The van der Waals surface area contributed by atoms with Crippen molar-refractivity contribution in [2.24, 2.45) is 10.9 Å². The summed E-state index contributed by atoms with van der Waals surface area (Å²) in [6.07, 6.45) is 2.31. The fraction of sp³-hybridized carbons (Fsp3) is 0.625. The number of piperazine rings is 1. The van der Waals surface area contributed by atoms with Crippen LogP contribution < -0.4 is 10.2 Å². The molecule has 1 N–H and O–H groups in total. The first-order chi connectivity index (χ1) is 12.0. The van der Waals surface area contributed by atoms with E-state index in [1.54, 1.807) is 19.3 Å². The van der Waals surface area contributed by atoms with Crippen molar-refractivity contribution >= 4 is 21.6 Å². The van der Waals surface area contributed by atoms with Crippen molar-refractivity contribution in [2.45, 2.75) is 6.42 Å². The summed E-state index contributed by atoms with van der Waals surface area (Å²) in [7, 11) is -1.14. The summed E-state index contributed by atoms with van der Waals surface area (Å²) in [6.45, 7) is 3.34. The van der Waals surface area contributed by atoms with Crippen LogP contribution in [0.15, 0.2) is 23.3 Å². The van der Waals surface area contributed by atoms with Crippen LogP contribution in [0.5, 0.6) is 0 Å². The molecule has 0 saturated carbocycles. The number of sulfone groups is 1. The molecule has 1 unspecified atom stereocenters. The Hall–Kier alpha value is -1.90. The highest BCUT2D eigenvalue weighted by molar-refractivity contribution is 7.91. The largest absolute Gasteiger partial charge is 0.356 e. The van der Waals surface area contributed by atoms with Gasteiger partial charge >= 0.3 is 0 Å². The maximum Gasteiger partial charge on any atom is 0.193 e. The van der Waals surface area contributed by atoms with Crippen LogP contribution in [-0.2, 0) is 9.84 Å². The number of nitrogens with zero attached hydrogens (tertiary/aromatic N) is 4. The third-order valence-corrected chi connectivity index (χ3v) is 6.54. The number of nitrogens with one attached hydrogen (secondary N) is 1. The number of guanidine groups is 1. The number of pyridine rings is 1. The Morgan fingerprint density at radius 1 is 1.40 bits per heavy atom. The van der Waals surface area contributed by atoms with Crippen LogP contribution in [0.25, 0.3) is 0 Å². The predicted octanol–water partition coefficient (Wildman–Crippen LogP) is 0.353. The molecule has 0 aromatic carbocycles. The minimum atomic E-state index is -2.86. The number of hydrogen-bond acceptors (Lipinski definition) is 5. The van der Waals surface area contributed by atoms with Gasteiger partial charge in [0, 0.05) is 46.0 Å². The van der Waals surface area contributed by atoms with Gasteiger partial charge in [-0.3, -0.25) is 4.99 Å². The Kier molecular flexibility index (Phi) is 5.41. The molecule has 2 aliphatic rings. The van der Waals surface area contributed by atoms with E-state index in [2.05, 4.69) is 20.2 Å². The fourth-order valence-corrected chi connectivity index (χ4v) is 5.20. The van der Waals surface area contributed by atoms with Crippen molar-refractivity contribution in [2.75, 3.05) is 56.2 Å². The molecular formula is C16H24FN5O2S. The van der Waals surface area contributed by atoms with Crippen LogP contribution in [0.2, 0.25) is 0 Å². The molecule has 1 aromatic heterocycles. The van der Waals surface area contributed by atoms with E-state index in [9.17, 15) is 12.8 Å². The molecular weight excluding hydrogens is 345 g/mol. The lowest BCUT2D eigenvalue weighted by atomic mass is 10.1. The van der Waals surface area contributed by atoms with Gasteiger partial charge in [-0.15, -0.1) is 0 Å². The van der Waals surface area contributed by atoms with Gasteiger partial charge < -0.3 is 15.1 Å². The second kappa shape index (κ2) is 7.55. The van der Waals surface area contributed by atoms with Crippen LogP contribution >= 0.6 is 0 Å². The lowest BCUT2D eigenvalue weighted by Gasteiger charge is -2.37. The smallest absolute Gasteiger partial charge is 0.193 e. The number of rotatable bonds is 3.